The molecule has 0 bridgehead atoms. The van der Waals surface area contributed by atoms with Crippen molar-refractivity contribution < 1.29 is 14.7 Å². The van der Waals surface area contributed by atoms with E-state index < -0.39 is 17.1 Å². The topological polar surface area (TPSA) is 80.4 Å². The lowest BCUT2D eigenvalue weighted by atomic mass is 10.3. The van der Waals surface area contributed by atoms with E-state index in [-0.39, 0.29) is 6.42 Å². The molecule has 0 saturated heterocycles. The molecule has 1 atom stereocenters. The molecule has 0 heterocycles. The predicted molar refractivity (Wildman–Crippen MR) is 34.2 cm³/mol. The van der Waals surface area contributed by atoms with Crippen LogP contribution in [0.3, 0.4) is 0 Å². The zero-order valence-corrected chi connectivity index (χ0v) is 5.47. The second-order valence-electron chi connectivity index (χ2n) is 1.52. The number of amides is 1. The first-order valence-corrected chi connectivity index (χ1v) is 2.75. The first-order valence-electron chi connectivity index (χ1n) is 2.23. The van der Waals surface area contributed by atoms with Crippen LogP contribution in [0.15, 0.2) is 0 Å². The molecule has 0 aromatic carbocycles. The second-order valence-corrected chi connectivity index (χ2v) is 2.15. The lowest BCUT2D eigenvalue weighted by Gasteiger charge is -1.98. The summed E-state index contributed by atoms with van der Waals surface area (Å²) in [6, 6.07) is 0. The van der Waals surface area contributed by atoms with Crippen molar-refractivity contribution in [2.75, 3.05) is 0 Å². The van der Waals surface area contributed by atoms with Gasteiger partial charge in [0.2, 0.25) is 5.91 Å². The van der Waals surface area contributed by atoms with Crippen LogP contribution in [0.5, 0.6) is 0 Å². The largest absolute Gasteiger partial charge is 0.480 e. The molecule has 0 radical (unpaired) electrons. The maximum absolute atomic E-state index is 10.0. The molecule has 1 unspecified atom stereocenters. The molecule has 4 nitrogen and oxygen atoms in total. The van der Waals surface area contributed by atoms with Crippen molar-refractivity contribution in [2.45, 2.75) is 11.7 Å². The molecular weight excluding hydrogens is 142 g/mol. The fourth-order valence-electron chi connectivity index (χ4n) is 0.278. The maximum Gasteiger partial charge on any atom is 0.316 e. The number of carbonyl (C=O) groups excluding carboxylic acids is 1. The number of carboxylic acid groups (broad SMARTS) is 1. The minimum Gasteiger partial charge on any atom is -0.480 e. The summed E-state index contributed by atoms with van der Waals surface area (Å²) in [5.74, 6) is -1.78. The van der Waals surface area contributed by atoms with Crippen LogP contribution in [0.25, 0.3) is 0 Å². The molecule has 0 aliphatic carbocycles. The van der Waals surface area contributed by atoms with Crippen molar-refractivity contribution in [3.8, 4) is 0 Å². The predicted octanol–water partition coefficient (Wildman–Crippen LogP) is -0.755. The molecule has 0 aromatic rings. The summed E-state index contributed by atoms with van der Waals surface area (Å²) >= 11 is 3.56. The van der Waals surface area contributed by atoms with E-state index in [2.05, 4.69) is 18.4 Å². The normalized spacial score (nSPS) is 12.6. The first kappa shape index (κ1) is 8.29. The van der Waals surface area contributed by atoms with E-state index in [1.54, 1.807) is 0 Å². The van der Waals surface area contributed by atoms with Gasteiger partial charge in [-0.15, -0.1) is 0 Å². The Labute approximate surface area is 57.4 Å². The van der Waals surface area contributed by atoms with E-state index in [0.29, 0.717) is 0 Å². The monoisotopic (exact) mass is 149 g/mol. The van der Waals surface area contributed by atoms with Crippen LogP contribution in [-0.4, -0.2) is 22.2 Å². The third kappa shape index (κ3) is 3.84. The molecule has 0 saturated carbocycles. The van der Waals surface area contributed by atoms with E-state index in [4.69, 9.17) is 5.11 Å². The summed E-state index contributed by atoms with van der Waals surface area (Å²) < 4.78 is 0. The lowest BCUT2D eigenvalue weighted by Crippen LogP contribution is -2.22. The van der Waals surface area contributed by atoms with Gasteiger partial charge in [0.1, 0.15) is 5.25 Å². The zero-order valence-electron chi connectivity index (χ0n) is 4.57. The molecule has 1 amide bonds. The Kier molecular flexibility index (Phi) is 3.08. The SMILES string of the molecule is NC(=O)CC(S)C(=O)O. The van der Waals surface area contributed by atoms with Gasteiger partial charge in [0, 0.05) is 6.42 Å². The Balaban J connectivity index is 3.63. The summed E-state index contributed by atoms with van der Waals surface area (Å²) in [5.41, 5.74) is 4.68. The van der Waals surface area contributed by atoms with Crippen LogP contribution >= 0.6 is 12.6 Å². The Hall–Kier alpha value is -0.710. The fourth-order valence-corrected chi connectivity index (χ4v) is 0.458. The smallest absolute Gasteiger partial charge is 0.316 e. The number of primary amides is 1. The maximum atomic E-state index is 10.0. The highest BCUT2D eigenvalue weighted by Crippen LogP contribution is 1.98. The Morgan fingerprint density at radius 2 is 2.11 bits per heavy atom. The molecule has 0 rings (SSSR count). The van der Waals surface area contributed by atoms with E-state index >= 15 is 0 Å². The van der Waals surface area contributed by atoms with Crippen LogP contribution in [0.2, 0.25) is 0 Å². The molecule has 0 spiro atoms. The van der Waals surface area contributed by atoms with Gasteiger partial charge in [0.25, 0.3) is 0 Å². The van der Waals surface area contributed by atoms with Crippen LogP contribution in [0, 0.1) is 0 Å². The number of carboxylic acids is 1. The van der Waals surface area contributed by atoms with E-state index in [9.17, 15) is 9.59 Å². The molecule has 3 N–H and O–H groups in total. The van der Waals surface area contributed by atoms with Crippen LogP contribution in [0.1, 0.15) is 6.42 Å². The van der Waals surface area contributed by atoms with Gasteiger partial charge in [-0.05, 0) is 0 Å². The summed E-state index contributed by atoms with van der Waals surface area (Å²) in [4.78, 5) is 20.0. The van der Waals surface area contributed by atoms with Crippen molar-refractivity contribution in [1.29, 1.82) is 0 Å². The Bertz CT molecular complexity index is 136. The van der Waals surface area contributed by atoms with Gasteiger partial charge in [-0.3, -0.25) is 9.59 Å². The number of nitrogens with two attached hydrogens (primary N) is 1. The van der Waals surface area contributed by atoms with E-state index in [1.165, 1.54) is 0 Å². The number of thiol groups is 1. The minimum absolute atomic E-state index is 0.224. The number of aliphatic carboxylic acids is 1. The average Bonchev–Trinajstić information content (AvgIpc) is 1.63. The molecule has 0 aliphatic heterocycles. The van der Waals surface area contributed by atoms with Crippen LogP contribution in [-0.2, 0) is 9.59 Å². The molecule has 0 aliphatic rings. The van der Waals surface area contributed by atoms with Crippen molar-refractivity contribution in [2.24, 2.45) is 5.73 Å². The Morgan fingerprint density at radius 1 is 1.67 bits per heavy atom. The Morgan fingerprint density at radius 3 is 2.22 bits per heavy atom. The molecule has 52 valence electrons. The van der Waals surface area contributed by atoms with Gasteiger partial charge in [0.05, 0.1) is 0 Å². The summed E-state index contributed by atoms with van der Waals surface area (Å²) in [5, 5.41) is 7.18. The number of hydrogen-bond donors (Lipinski definition) is 3. The number of carbonyl (C=O) groups is 2. The second kappa shape index (κ2) is 3.34. The van der Waals surface area contributed by atoms with Crippen molar-refractivity contribution in [3.63, 3.8) is 0 Å². The highest BCUT2D eigenvalue weighted by atomic mass is 32.1. The van der Waals surface area contributed by atoms with Gasteiger partial charge in [-0.2, -0.15) is 12.6 Å². The minimum atomic E-state index is -1.13. The van der Waals surface area contributed by atoms with Crippen molar-refractivity contribution in [3.05, 3.63) is 0 Å². The van der Waals surface area contributed by atoms with Gasteiger partial charge >= 0.3 is 5.97 Å². The number of hydrogen-bond acceptors (Lipinski definition) is 3. The van der Waals surface area contributed by atoms with Gasteiger partial charge < -0.3 is 10.8 Å². The molecular formula is C4H7NO3S. The molecule has 0 aromatic heterocycles. The van der Waals surface area contributed by atoms with Crippen LogP contribution < -0.4 is 5.73 Å². The summed E-state index contributed by atoms with van der Waals surface area (Å²) in [6.45, 7) is 0. The molecule has 5 heteroatoms. The quantitative estimate of drug-likeness (QED) is 0.461. The van der Waals surface area contributed by atoms with Gasteiger partial charge in [-0.25, -0.2) is 0 Å². The van der Waals surface area contributed by atoms with Crippen LogP contribution in [0.4, 0.5) is 0 Å². The highest BCUT2D eigenvalue weighted by Gasteiger charge is 2.13. The average molecular weight is 149 g/mol. The number of rotatable bonds is 3. The van der Waals surface area contributed by atoms with Crippen molar-refractivity contribution in [1.82, 2.24) is 0 Å². The fraction of sp³-hybridized carbons (Fsp3) is 0.500. The summed E-state index contributed by atoms with van der Waals surface area (Å²) in [7, 11) is 0. The van der Waals surface area contributed by atoms with Crippen molar-refractivity contribution >= 4 is 24.5 Å². The zero-order chi connectivity index (χ0) is 7.44. The van der Waals surface area contributed by atoms with Gasteiger partial charge in [-0.1, -0.05) is 0 Å². The molecule has 0 fully saturated rings. The third-order valence-electron chi connectivity index (χ3n) is 0.680. The first-order chi connectivity index (χ1) is 4.04. The van der Waals surface area contributed by atoms with E-state index in [0.717, 1.165) is 0 Å². The summed E-state index contributed by atoms with van der Waals surface area (Å²) in [6.07, 6.45) is -0.224. The molecule has 9 heavy (non-hydrogen) atoms. The highest BCUT2D eigenvalue weighted by molar-refractivity contribution is 7.81. The van der Waals surface area contributed by atoms with Gasteiger partial charge in [0.15, 0.2) is 0 Å². The lowest BCUT2D eigenvalue weighted by molar-refractivity contribution is -0.137. The third-order valence-corrected chi connectivity index (χ3v) is 1.08. The van der Waals surface area contributed by atoms with E-state index in [1.807, 2.05) is 0 Å². The standard InChI is InChI=1S/C4H7NO3S/c5-3(6)1-2(9)4(7)8/h2,9H,1H2,(H2,5,6)(H,7,8).